The van der Waals surface area contributed by atoms with Crippen molar-refractivity contribution in [3.8, 4) is 6.07 Å². The maximum atomic E-state index is 12.5. The Morgan fingerprint density at radius 3 is 2.33 bits per heavy atom. The molecular formula is C10H8FNO2S. The van der Waals surface area contributed by atoms with Crippen molar-refractivity contribution in [2.45, 2.75) is 0 Å². The van der Waals surface area contributed by atoms with Crippen LogP contribution in [0.25, 0.3) is 6.08 Å². The fraction of sp³-hybridized carbons (Fsp3) is 0.100. The summed E-state index contributed by atoms with van der Waals surface area (Å²) < 4.78 is 34.7. The quantitative estimate of drug-likeness (QED) is 0.720. The van der Waals surface area contributed by atoms with E-state index in [2.05, 4.69) is 0 Å². The summed E-state index contributed by atoms with van der Waals surface area (Å²) in [5.74, 6) is -0.412. The molecule has 0 aliphatic carbocycles. The SMILES string of the molecule is CS(=O)(=O)/C(C#N)=C/c1ccc(F)cc1. The average molecular weight is 225 g/mol. The number of sulfone groups is 1. The molecule has 15 heavy (non-hydrogen) atoms. The second-order valence-corrected chi connectivity index (χ2v) is 4.93. The second kappa shape index (κ2) is 4.24. The molecule has 0 heterocycles. The number of nitrogens with zero attached hydrogens (tertiary/aromatic N) is 1. The summed E-state index contributed by atoms with van der Waals surface area (Å²) in [7, 11) is -3.52. The molecule has 0 radical (unpaired) electrons. The highest BCUT2D eigenvalue weighted by Gasteiger charge is 2.09. The molecule has 5 heteroatoms. The van der Waals surface area contributed by atoms with Gasteiger partial charge in [0, 0.05) is 6.26 Å². The standard InChI is InChI=1S/C10H8FNO2S/c1-15(13,14)10(7-12)6-8-2-4-9(11)5-3-8/h2-6H,1H3/b10-6+. The number of hydrogen-bond acceptors (Lipinski definition) is 3. The van der Waals surface area contributed by atoms with Crippen molar-refractivity contribution >= 4 is 15.9 Å². The van der Waals surface area contributed by atoms with Crippen LogP contribution in [0.5, 0.6) is 0 Å². The van der Waals surface area contributed by atoms with Gasteiger partial charge in [-0.1, -0.05) is 12.1 Å². The molecule has 0 N–H and O–H groups in total. The van der Waals surface area contributed by atoms with E-state index in [1.807, 2.05) is 0 Å². The third-order valence-corrected chi connectivity index (χ3v) is 2.69. The zero-order chi connectivity index (χ0) is 11.5. The molecule has 1 rings (SSSR count). The van der Waals surface area contributed by atoms with Crippen molar-refractivity contribution in [1.82, 2.24) is 0 Å². The molecule has 0 saturated carbocycles. The summed E-state index contributed by atoms with van der Waals surface area (Å²) in [5.41, 5.74) is 0.471. The third kappa shape index (κ3) is 3.18. The number of halogens is 1. The fourth-order valence-electron chi connectivity index (χ4n) is 0.933. The van der Waals surface area contributed by atoms with Crippen LogP contribution in [0, 0.1) is 17.1 Å². The van der Waals surface area contributed by atoms with Gasteiger partial charge in [-0.05, 0) is 23.8 Å². The molecule has 3 nitrogen and oxygen atoms in total. The van der Waals surface area contributed by atoms with Crippen molar-refractivity contribution in [2.75, 3.05) is 6.26 Å². The molecule has 0 aliphatic rings. The van der Waals surface area contributed by atoms with Gasteiger partial charge in [-0.2, -0.15) is 5.26 Å². The lowest BCUT2D eigenvalue weighted by Gasteiger charge is -1.95. The minimum absolute atomic E-state index is 0.339. The van der Waals surface area contributed by atoms with Crippen LogP contribution in [0.2, 0.25) is 0 Å². The molecule has 0 saturated heterocycles. The Balaban J connectivity index is 3.17. The molecule has 1 aromatic carbocycles. The lowest BCUT2D eigenvalue weighted by Crippen LogP contribution is -1.98. The first kappa shape index (κ1) is 11.4. The van der Waals surface area contributed by atoms with Crippen LogP contribution in [0.4, 0.5) is 4.39 Å². The molecule has 0 unspecified atom stereocenters. The van der Waals surface area contributed by atoms with Crippen LogP contribution in [0.15, 0.2) is 29.2 Å². The van der Waals surface area contributed by atoms with E-state index >= 15 is 0 Å². The third-order valence-electron chi connectivity index (χ3n) is 1.68. The summed E-state index contributed by atoms with van der Waals surface area (Å²) >= 11 is 0. The predicted octanol–water partition coefficient (Wildman–Crippen LogP) is 1.73. The van der Waals surface area contributed by atoms with Crippen molar-refractivity contribution in [3.05, 3.63) is 40.6 Å². The molecule has 0 aromatic heterocycles. The van der Waals surface area contributed by atoms with E-state index in [0.29, 0.717) is 5.56 Å². The summed E-state index contributed by atoms with van der Waals surface area (Å²) in [6.07, 6.45) is 2.15. The minimum Gasteiger partial charge on any atom is -0.223 e. The number of nitriles is 1. The van der Waals surface area contributed by atoms with Gasteiger partial charge in [-0.25, -0.2) is 12.8 Å². The average Bonchev–Trinajstić information content (AvgIpc) is 2.15. The van der Waals surface area contributed by atoms with Gasteiger partial charge in [0.05, 0.1) is 0 Å². The van der Waals surface area contributed by atoms with Crippen molar-refractivity contribution in [3.63, 3.8) is 0 Å². The minimum atomic E-state index is -3.52. The highest BCUT2D eigenvalue weighted by atomic mass is 32.2. The van der Waals surface area contributed by atoms with Crippen molar-refractivity contribution in [1.29, 1.82) is 5.26 Å². The van der Waals surface area contributed by atoms with E-state index in [1.165, 1.54) is 30.3 Å². The highest BCUT2D eigenvalue weighted by Crippen LogP contribution is 2.11. The van der Waals surface area contributed by atoms with Gasteiger partial charge in [0.1, 0.15) is 16.8 Å². The van der Waals surface area contributed by atoms with E-state index < -0.39 is 15.7 Å². The Labute approximate surface area is 87.4 Å². The molecule has 0 bridgehead atoms. The van der Waals surface area contributed by atoms with Gasteiger partial charge in [-0.15, -0.1) is 0 Å². The molecule has 0 atom stereocenters. The predicted molar refractivity (Wildman–Crippen MR) is 54.8 cm³/mol. The van der Waals surface area contributed by atoms with Crippen LogP contribution in [-0.2, 0) is 9.84 Å². The normalized spacial score (nSPS) is 12.2. The molecule has 0 amide bonds. The zero-order valence-corrected chi connectivity index (χ0v) is 8.75. The van der Waals surface area contributed by atoms with Crippen LogP contribution in [0.3, 0.4) is 0 Å². The van der Waals surface area contributed by atoms with Gasteiger partial charge in [-0.3, -0.25) is 0 Å². The summed E-state index contributed by atoms with van der Waals surface area (Å²) in [6.45, 7) is 0. The van der Waals surface area contributed by atoms with E-state index in [4.69, 9.17) is 5.26 Å². The molecule has 1 aromatic rings. The van der Waals surface area contributed by atoms with Gasteiger partial charge >= 0.3 is 0 Å². The van der Waals surface area contributed by atoms with E-state index in [-0.39, 0.29) is 4.91 Å². The maximum absolute atomic E-state index is 12.5. The molecule has 78 valence electrons. The highest BCUT2D eigenvalue weighted by molar-refractivity contribution is 7.95. The van der Waals surface area contributed by atoms with E-state index in [9.17, 15) is 12.8 Å². The van der Waals surface area contributed by atoms with Gasteiger partial charge in [0.15, 0.2) is 9.84 Å². The van der Waals surface area contributed by atoms with Crippen LogP contribution >= 0.6 is 0 Å². The van der Waals surface area contributed by atoms with Crippen LogP contribution in [0.1, 0.15) is 5.56 Å². The van der Waals surface area contributed by atoms with Crippen LogP contribution in [-0.4, -0.2) is 14.7 Å². The lowest BCUT2D eigenvalue weighted by molar-refractivity contribution is 0.609. The topological polar surface area (TPSA) is 57.9 Å². The Morgan fingerprint density at radius 1 is 1.40 bits per heavy atom. The van der Waals surface area contributed by atoms with Crippen LogP contribution < -0.4 is 0 Å². The van der Waals surface area contributed by atoms with E-state index in [1.54, 1.807) is 6.07 Å². The number of allylic oxidation sites excluding steroid dienone is 1. The Kier molecular flexibility index (Phi) is 3.22. The molecule has 0 spiro atoms. The Hall–Kier alpha value is -1.67. The first-order valence-electron chi connectivity index (χ1n) is 4.01. The zero-order valence-electron chi connectivity index (χ0n) is 7.94. The molecular weight excluding hydrogens is 217 g/mol. The summed E-state index contributed by atoms with van der Waals surface area (Å²) in [4.78, 5) is -0.339. The Bertz CT molecular complexity index is 524. The molecule has 0 aliphatic heterocycles. The Morgan fingerprint density at radius 2 is 1.93 bits per heavy atom. The molecule has 0 fully saturated rings. The fourth-order valence-corrected chi connectivity index (χ4v) is 1.45. The largest absolute Gasteiger partial charge is 0.223 e. The number of benzene rings is 1. The number of rotatable bonds is 2. The van der Waals surface area contributed by atoms with E-state index in [0.717, 1.165) is 6.26 Å². The van der Waals surface area contributed by atoms with Gasteiger partial charge in [0.25, 0.3) is 0 Å². The number of hydrogen-bond donors (Lipinski definition) is 0. The van der Waals surface area contributed by atoms with Gasteiger partial charge < -0.3 is 0 Å². The van der Waals surface area contributed by atoms with Crippen molar-refractivity contribution < 1.29 is 12.8 Å². The monoisotopic (exact) mass is 225 g/mol. The first-order valence-corrected chi connectivity index (χ1v) is 5.90. The summed E-state index contributed by atoms with van der Waals surface area (Å²) in [6, 6.07) is 6.78. The van der Waals surface area contributed by atoms with Gasteiger partial charge in [0.2, 0.25) is 0 Å². The smallest absolute Gasteiger partial charge is 0.185 e. The summed E-state index contributed by atoms with van der Waals surface area (Å²) in [5, 5.41) is 8.61. The van der Waals surface area contributed by atoms with Crippen molar-refractivity contribution in [2.24, 2.45) is 0 Å². The first-order chi connectivity index (χ1) is 6.93. The lowest BCUT2D eigenvalue weighted by atomic mass is 10.2. The second-order valence-electron chi connectivity index (χ2n) is 2.94. The maximum Gasteiger partial charge on any atom is 0.185 e.